The molecule has 0 bridgehead atoms. The predicted octanol–water partition coefficient (Wildman–Crippen LogP) is 3.09. The molecule has 0 spiro atoms. The van der Waals surface area contributed by atoms with Gasteiger partial charge in [0.25, 0.3) is 0 Å². The summed E-state index contributed by atoms with van der Waals surface area (Å²) < 4.78 is 5.60. The number of nitrogens with one attached hydrogen (secondary N) is 1. The Bertz CT molecular complexity index is 1060. The van der Waals surface area contributed by atoms with Gasteiger partial charge in [-0.2, -0.15) is 0 Å². The first-order chi connectivity index (χ1) is 16.9. The van der Waals surface area contributed by atoms with E-state index in [0.29, 0.717) is 26.2 Å². The molecule has 2 atom stereocenters. The van der Waals surface area contributed by atoms with Gasteiger partial charge in [-0.3, -0.25) is 14.5 Å². The first-order valence-electron chi connectivity index (χ1n) is 11.9. The maximum absolute atomic E-state index is 13.1. The number of aliphatic carboxylic acids is 1. The third-order valence-corrected chi connectivity index (χ3v) is 6.87. The monoisotopic (exact) mass is 477 g/mol. The Kier molecular flexibility index (Phi) is 7.51. The smallest absolute Gasteiger partial charge is 0.407 e. The highest BCUT2D eigenvalue weighted by Crippen LogP contribution is 2.44. The van der Waals surface area contributed by atoms with Gasteiger partial charge in [0, 0.05) is 32.1 Å². The predicted molar refractivity (Wildman–Crippen MR) is 132 cm³/mol. The van der Waals surface area contributed by atoms with Crippen molar-refractivity contribution in [3.63, 3.8) is 0 Å². The number of benzene rings is 2. The quantitative estimate of drug-likeness (QED) is 0.567. The van der Waals surface area contributed by atoms with Crippen molar-refractivity contribution >= 4 is 18.0 Å². The van der Waals surface area contributed by atoms with Crippen molar-refractivity contribution in [2.45, 2.75) is 31.3 Å². The van der Waals surface area contributed by atoms with Gasteiger partial charge < -0.3 is 20.1 Å². The summed E-state index contributed by atoms with van der Waals surface area (Å²) >= 11 is 0. The normalized spacial score (nSPS) is 17.1. The van der Waals surface area contributed by atoms with Gasteiger partial charge in [0.2, 0.25) is 5.91 Å². The summed E-state index contributed by atoms with van der Waals surface area (Å²) in [5, 5.41) is 11.9. The van der Waals surface area contributed by atoms with Gasteiger partial charge in [-0.25, -0.2) is 4.79 Å². The second kappa shape index (κ2) is 10.7. The van der Waals surface area contributed by atoms with Gasteiger partial charge in [-0.15, -0.1) is 6.58 Å². The van der Waals surface area contributed by atoms with Crippen LogP contribution in [0.4, 0.5) is 4.79 Å². The van der Waals surface area contributed by atoms with Gasteiger partial charge in [0.15, 0.2) is 0 Å². The Balaban J connectivity index is 1.35. The molecule has 1 aliphatic carbocycles. The number of ether oxygens (including phenoxy) is 1. The lowest BCUT2D eigenvalue weighted by molar-refractivity contribution is -0.144. The Hall–Kier alpha value is -3.65. The third-order valence-electron chi connectivity index (χ3n) is 6.87. The van der Waals surface area contributed by atoms with Crippen molar-refractivity contribution in [3.8, 4) is 11.1 Å². The van der Waals surface area contributed by atoms with E-state index in [-0.39, 0.29) is 24.9 Å². The lowest BCUT2D eigenvalue weighted by atomic mass is 9.98. The van der Waals surface area contributed by atoms with Crippen molar-refractivity contribution in [2.24, 2.45) is 0 Å². The summed E-state index contributed by atoms with van der Waals surface area (Å²) in [6, 6.07) is 14.8. The van der Waals surface area contributed by atoms with E-state index >= 15 is 0 Å². The number of amides is 2. The molecule has 1 aliphatic heterocycles. The van der Waals surface area contributed by atoms with Crippen LogP contribution < -0.4 is 5.32 Å². The van der Waals surface area contributed by atoms with Crippen LogP contribution in [0.25, 0.3) is 11.1 Å². The van der Waals surface area contributed by atoms with E-state index in [0.717, 1.165) is 22.3 Å². The summed E-state index contributed by atoms with van der Waals surface area (Å²) in [7, 11) is 0. The number of carboxylic acids is 1. The number of piperazine rings is 1. The molecule has 8 nitrogen and oxygen atoms in total. The summed E-state index contributed by atoms with van der Waals surface area (Å²) in [6.07, 6.45) is 1.22. The van der Waals surface area contributed by atoms with Crippen LogP contribution in [0.3, 0.4) is 0 Å². The van der Waals surface area contributed by atoms with Crippen LogP contribution in [0, 0.1) is 0 Å². The third kappa shape index (κ3) is 5.22. The fourth-order valence-corrected chi connectivity index (χ4v) is 4.88. The highest BCUT2D eigenvalue weighted by molar-refractivity contribution is 5.86. The largest absolute Gasteiger partial charge is 0.480 e. The van der Waals surface area contributed by atoms with Gasteiger partial charge in [-0.05, 0) is 35.6 Å². The molecule has 2 N–H and O–H groups in total. The minimum atomic E-state index is -0.883. The molecule has 1 fully saturated rings. The number of fused-ring (bicyclic) bond motifs is 3. The molecule has 35 heavy (non-hydrogen) atoms. The molecule has 8 heteroatoms. The lowest BCUT2D eigenvalue weighted by Gasteiger charge is -2.37. The van der Waals surface area contributed by atoms with Gasteiger partial charge in [0.1, 0.15) is 18.7 Å². The van der Waals surface area contributed by atoms with E-state index in [2.05, 4.69) is 36.2 Å². The second-order valence-corrected chi connectivity index (χ2v) is 8.92. The Morgan fingerprint density at radius 3 is 2.17 bits per heavy atom. The number of nitrogens with zero attached hydrogens (tertiary/aromatic N) is 2. The van der Waals surface area contributed by atoms with Crippen molar-refractivity contribution in [1.29, 1.82) is 0 Å². The standard InChI is InChI=1S/C27H31N3O5/c1-3-8-24(25(31)30-15-13-29(14-16-30)18(2)26(32)33)28-27(34)35-17-23-21-11-6-4-9-19(21)20-10-5-7-12-22(20)23/h3-7,9-12,18,23-24H,1,8,13-17H2,2H3,(H,28,34)(H,32,33). The minimum absolute atomic E-state index is 0.0639. The molecule has 184 valence electrons. The van der Waals surface area contributed by atoms with Crippen LogP contribution in [0.5, 0.6) is 0 Å². The van der Waals surface area contributed by atoms with Crippen molar-refractivity contribution in [3.05, 3.63) is 72.3 Å². The molecule has 0 saturated carbocycles. The Morgan fingerprint density at radius 1 is 1.06 bits per heavy atom. The summed E-state index contributed by atoms with van der Waals surface area (Å²) in [6.45, 7) is 7.24. The van der Waals surface area contributed by atoms with Gasteiger partial charge in [0.05, 0.1) is 0 Å². The van der Waals surface area contributed by atoms with Crippen LogP contribution in [0.15, 0.2) is 61.2 Å². The fraction of sp³-hybridized carbons (Fsp3) is 0.370. The molecule has 0 radical (unpaired) electrons. The number of carboxylic acid groups (broad SMARTS) is 1. The second-order valence-electron chi connectivity index (χ2n) is 8.92. The molecule has 1 heterocycles. The minimum Gasteiger partial charge on any atom is -0.480 e. The SMILES string of the molecule is C=CCC(NC(=O)OCC1c2ccccc2-c2ccccc21)C(=O)N1CCN(C(C)C(=O)O)CC1. The summed E-state index contributed by atoms with van der Waals surface area (Å²) in [5.41, 5.74) is 4.53. The van der Waals surface area contributed by atoms with E-state index in [9.17, 15) is 19.5 Å². The molecule has 2 amide bonds. The Labute approximate surface area is 205 Å². The average molecular weight is 478 g/mol. The number of alkyl carbamates (subject to hydrolysis) is 1. The maximum Gasteiger partial charge on any atom is 0.407 e. The van der Waals surface area contributed by atoms with Gasteiger partial charge in [-0.1, -0.05) is 54.6 Å². The number of carbonyl (C=O) groups excluding carboxylic acids is 2. The zero-order chi connectivity index (χ0) is 24.9. The van der Waals surface area contributed by atoms with E-state index in [1.54, 1.807) is 17.9 Å². The lowest BCUT2D eigenvalue weighted by Crippen LogP contribution is -2.57. The van der Waals surface area contributed by atoms with Crippen LogP contribution in [0.1, 0.15) is 30.4 Å². The van der Waals surface area contributed by atoms with Crippen LogP contribution in [0.2, 0.25) is 0 Å². The Morgan fingerprint density at radius 2 is 1.63 bits per heavy atom. The number of carbonyl (C=O) groups is 3. The van der Waals surface area contributed by atoms with E-state index in [1.165, 1.54) is 0 Å². The highest BCUT2D eigenvalue weighted by atomic mass is 16.5. The van der Waals surface area contributed by atoms with Crippen molar-refractivity contribution in [1.82, 2.24) is 15.1 Å². The molecule has 2 aliphatic rings. The first kappa shape index (κ1) is 24.5. The van der Waals surface area contributed by atoms with Gasteiger partial charge >= 0.3 is 12.1 Å². The highest BCUT2D eigenvalue weighted by Gasteiger charge is 2.32. The van der Waals surface area contributed by atoms with E-state index < -0.39 is 24.1 Å². The molecule has 1 saturated heterocycles. The topological polar surface area (TPSA) is 99.2 Å². The number of hydrogen-bond donors (Lipinski definition) is 2. The van der Waals surface area contributed by atoms with Crippen molar-refractivity contribution in [2.75, 3.05) is 32.8 Å². The average Bonchev–Trinajstić information content (AvgIpc) is 3.20. The van der Waals surface area contributed by atoms with Crippen molar-refractivity contribution < 1.29 is 24.2 Å². The van der Waals surface area contributed by atoms with Crippen LogP contribution in [-0.4, -0.2) is 77.7 Å². The first-order valence-corrected chi connectivity index (χ1v) is 11.9. The van der Waals surface area contributed by atoms with Crippen LogP contribution >= 0.6 is 0 Å². The molecule has 4 rings (SSSR count). The molecular formula is C27H31N3O5. The zero-order valence-corrected chi connectivity index (χ0v) is 19.9. The summed E-state index contributed by atoms with van der Waals surface area (Å²) in [5.74, 6) is -1.17. The molecular weight excluding hydrogens is 446 g/mol. The van der Waals surface area contributed by atoms with E-state index in [4.69, 9.17) is 4.74 Å². The zero-order valence-electron chi connectivity index (χ0n) is 19.9. The maximum atomic E-state index is 13.1. The molecule has 2 unspecified atom stereocenters. The van der Waals surface area contributed by atoms with Crippen LogP contribution in [-0.2, 0) is 14.3 Å². The molecule has 0 aromatic heterocycles. The fourth-order valence-electron chi connectivity index (χ4n) is 4.88. The van der Waals surface area contributed by atoms with E-state index in [1.807, 2.05) is 29.2 Å². The number of rotatable bonds is 8. The molecule has 2 aromatic carbocycles. The molecule has 2 aromatic rings. The number of hydrogen-bond acceptors (Lipinski definition) is 5. The summed E-state index contributed by atoms with van der Waals surface area (Å²) in [4.78, 5) is 40.5.